The average molecular weight is 259 g/mol. The Bertz CT molecular complexity index is 358. The van der Waals surface area contributed by atoms with E-state index in [0.29, 0.717) is 6.54 Å². The molecule has 0 spiro atoms. The van der Waals surface area contributed by atoms with Gasteiger partial charge in [0.2, 0.25) is 0 Å². The molecule has 0 aliphatic rings. The molecular weight excluding hydrogens is 241 g/mol. The number of hydrogen-bond acceptors (Lipinski definition) is 4. The van der Waals surface area contributed by atoms with Crippen LogP contribution in [0.4, 0.5) is 4.39 Å². The fourth-order valence-electron chi connectivity index (χ4n) is 1.51. The molecule has 1 aromatic carbocycles. The summed E-state index contributed by atoms with van der Waals surface area (Å²) >= 11 is 1.59. The number of nitrogens with one attached hydrogen (secondary N) is 1. The van der Waals surface area contributed by atoms with Crippen LogP contribution in [0.25, 0.3) is 0 Å². The Morgan fingerprint density at radius 3 is 2.71 bits per heavy atom. The second-order valence-electron chi connectivity index (χ2n) is 3.91. The molecule has 96 valence electrons. The monoisotopic (exact) mass is 259 g/mol. The van der Waals surface area contributed by atoms with E-state index in [1.165, 1.54) is 12.1 Å². The van der Waals surface area contributed by atoms with Crippen molar-refractivity contribution in [3.8, 4) is 5.75 Å². The van der Waals surface area contributed by atoms with E-state index in [-0.39, 0.29) is 23.6 Å². The normalized spacial score (nSPS) is 14.6. The molecule has 0 aliphatic carbocycles. The van der Waals surface area contributed by atoms with Gasteiger partial charge in [0.05, 0.1) is 6.61 Å². The summed E-state index contributed by atoms with van der Waals surface area (Å²) in [7, 11) is 0. The van der Waals surface area contributed by atoms with Crippen LogP contribution in [0.5, 0.6) is 5.75 Å². The van der Waals surface area contributed by atoms with Crippen molar-refractivity contribution in [3.63, 3.8) is 0 Å². The standard InChI is InChI=1S/C12H18FNO2S/c1-8(12(7-15)17-2)14-6-9-3-4-11(16)10(13)5-9/h3-5,8,12,14-16H,6-7H2,1-2H3. The van der Waals surface area contributed by atoms with Gasteiger partial charge in [-0.3, -0.25) is 0 Å². The first-order valence-electron chi connectivity index (χ1n) is 5.43. The van der Waals surface area contributed by atoms with Crippen LogP contribution in [0.15, 0.2) is 18.2 Å². The van der Waals surface area contributed by atoms with Crippen LogP contribution in [0.3, 0.4) is 0 Å². The molecule has 17 heavy (non-hydrogen) atoms. The molecule has 0 fully saturated rings. The van der Waals surface area contributed by atoms with E-state index in [1.807, 2.05) is 13.2 Å². The van der Waals surface area contributed by atoms with Gasteiger partial charge in [-0.1, -0.05) is 6.07 Å². The Balaban J connectivity index is 2.52. The fourth-order valence-corrected chi connectivity index (χ4v) is 2.16. The molecule has 0 aromatic heterocycles. The van der Waals surface area contributed by atoms with Crippen LogP contribution in [0, 0.1) is 5.82 Å². The van der Waals surface area contributed by atoms with Crippen LogP contribution in [0.1, 0.15) is 12.5 Å². The molecule has 0 bridgehead atoms. The van der Waals surface area contributed by atoms with Crippen molar-refractivity contribution in [3.05, 3.63) is 29.6 Å². The molecule has 2 unspecified atom stereocenters. The molecule has 3 nitrogen and oxygen atoms in total. The highest BCUT2D eigenvalue weighted by Gasteiger charge is 2.14. The van der Waals surface area contributed by atoms with Crippen LogP contribution in [-0.4, -0.2) is 34.4 Å². The number of thioether (sulfide) groups is 1. The number of phenolic OH excluding ortho intramolecular Hbond substituents is 1. The third kappa shape index (κ3) is 4.18. The molecule has 1 rings (SSSR count). The summed E-state index contributed by atoms with van der Waals surface area (Å²) in [5.74, 6) is -0.945. The third-order valence-electron chi connectivity index (χ3n) is 2.68. The van der Waals surface area contributed by atoms with Crippen LogP contribution >= 0.6 is 11.8 Å². The molecular formula is C12H18FNO2S. The zero-order valence-electron chi connectivity index (χ0n) is 9.98. The number of rotatable bonds is 6. The van der Waals surface area contributed by atoms with E-state index in [2.05, 4.69) is 5.32 Å². The molecule has 3 N–H and O–H groups in total. The highest BCUT2D eigenvalue weighted by Crippen LogP contribution is 2.16. The number of benzene rings is 1. The minimum absolute atomic E-state index is 0.110. The van der Waals surface area contributed by atoms with E-state index in [9.17, 15) is 4.39 Å². The zero-order chi connectivity index (χ0) is 12.8. The number of halogens is 1. The molecule has 0 amide bonds. The SMILES string of the molecule is CSC(CO)C(C)NCc1ccc(O)c(F)c1. The Labute approximate surface area is 105 Å². The number of phenols is 1. The van der Waals surface area contributed by atoms with Crippen molar-refractivity contribution >= 4 is 11.8 Å². The minimum Gasteiger partial charge on any atom is -0.505 e. The predicted octanol–water partition coefficient (Wildman–Crippen LogP) is 1.73. The maximum absolute atomic E-state index is 13.1. The van der Waals surface area contributed by atoms with Crippen LogP contribution < -0.4 is 5.32 Å². The number of aromatic hydroxyl groups is 1. The molecule has 0 radical (unpaired) electrons. The van der Waals surface area contributed by atoms with E-state index in [0.717, 1.165) is 5.56 Å². The van der Waals surface area contributed by atoms with Crippen molar-refractivity contribution in [2.45, 2.75) is 24.8 Å². The van der Waals surface area contributed by atoms with Gasteiger partial charge in [-0.15, -0.1) is 0 Å². The smallest absolute Gasteiger partial charge is 0.165 e. The summed E-state index contributed by atoms with van der Waals surface area (Å²) in [5, 5.41) is 21.5. The topological polar surface area (TPSA) is 52.5 Å². The van der Waals surface area contributed by atoms with Crippen LogP contribution in [-0.2, 0) is 6.54 Å². The largest absolute Gasteiger partial charge is 0.505 e. The maximum atomic E-state index is 13.1. The van der Waals surface area contributed by atoms with Gasteiger partial charge < -0.3 is 15.5 Å². The number of aliphatic hydroxyl groups excluding tert-OH is 1. The summed E-state index contributed by atoms with van der Waals surface area (Å²) in [5.41, 5.74) is 0.768. The van der Waals surface area contributed by atoms with E-state index in [1.54, 1.807) is 17.8 Å². The highest BCUT2D eigenvalue weighted by molar-refractivity contribution is 7.99. The van der Waals surface area contributed by atoms with Gasteiger partial charge in [0.1, 0.15) is 0 Å². The van der Waals surface area contributed by atoms with Crippen molar-refractivity contribution in [1.82, 2.24) is 5.32 Å². The van der Waals surface area contributed by atoms with E-state index < -0.39 is 5.82 Å². The summed E-state index contributed by atoms with van der Waals surface area (Å²) < 4.78 is 13.1. The molecule has 0 heterocycles. The summed E-state index contributed by atoms with van der Waals surface area (Å²) in [6.07, 6.45) is 1.94. The lowest BCUT2D eigenvalue weighted by atomic mass is 10.2. The van der Waals surface area contributed by atoms with Crippen molar-refractivity contribution < 1.29 is 14.6 Å². The van der Waals surface area contributed by atoms with Gasteiger partial charge in [-0.05, 0) is 30.9 Å². The summed E-state index contributed by atoms with van der Waals surface area (Å²) in [4.78, 5) is 0. The Kier molecular flexibility index (Phi) is 5.74. The van der Waals surface area contributed by atoms with E-state index in [4.69, 9.17) is 10.2 Å². The molecule has 2 atom stereocenters. The van der Waals surface area contributed by atoms with Gasteiger partial charge in [-0.2, -0.15) is 11.8 Å². The summed E-state index contributed by atoms with van der Waals surface area (Å²) in [6, 6.07) is 4.45. The average Bonchev–Trinajstić information content (AvgIpc) is 2.32. The Morgan fingerprint density at radius 1 is 1.47 bits per heavy atom. The number of hydrogen-bond donors (Lipinski definition) is 3. The first-order valence-corrected chi connectivity index (χ1v) is 6.71. The van der Waals surface area contributed by atoms with Crippen molar-refractivity contribution in [2.24, 2.45) is 0 Å². The zero-order valence-corrected chi connectivity index (χ0v) is 10.8. The van der Waals surface area contributed by atoms with Crippen molar-refractivity contribution in [2.75, 3.05) is 12.9 Å². The van der Waals surface area contributed by atoms with Gasteiger partial charge in [0.15, 0.2) is 11.6 Å². The second kappa shape index (κ2) is 6.83. The number of aliphatic hydroxyl groups is 1. The first-order chi connectivity index (χ1) is 8.08. The maximum Gasteiger partial charge on any atom is 0.165 e. The molecule has 1 aromatic rings. The molecule has 0 aliphatic heterocycles. The van der Waals surface area contributed by atoms with Crippen LogP contribution in [0.2, 0.25) is 0 Å². The Morgan fingerprint density at radius 2 is 2.18 bits per heavy atom. The molecule has 0 saturated carbocycles. The quantitative estimate of drug-likeness (QED) is 0.728. The van der Waals surface area contributed by atoms with Crippen molar-refractivity contribution in [1.29, 1.82) is 0 Å². The lowest BCUT2D eigenvalue weighted by molar-refractivity contribution is 0.276. The van der Waals surface area contributed by atoms with Gasteiger partial charge in [0.25, 0.3) is 0 Å². The summed E-state index contributed by atoms with van der Waals surface area (Å²) in [6.45, 7) is 2.60. The first kappa shape index (κ1) is 14.3. The van der Waals surface area contributed by atoms with Gasteiger partial charge in [-0.25, -0.2) is 4.39 Å². The second-order valence-corrected chi connectivity index (χ2v) is 4.99. The van der Waals surface area contributed by atoms with E-state index >= 15 is 0 Å². The van der Waals surface area contributed by atoms with Gasteiger partial charge >= 0.3 is 0 Å². The molecule has 5 heteroatoms. The highest BCUT2D eigenvalue weighted by atomic mass is 32.2. The molecule has 0 saturated heterocycles. The fraction of sp³-hybridized carbons (Fsp3) is 0.500. The Hall–Kier alpha value is -0.780. The lowest BCUT2D eigenvalue weighted by Gasteiger charge is -2.21. The third-order valence-corrected chi connectivity index (χ3v) is 3.84. The lowest BCUT2D eigenvalue weighted by Crippen LogP contribution is -2.37. The minimum atomic E-state index is -0.611. The predicted molar refractivity (Wildman–Crippen MR) is 68.8 cm³/mol. The van der Waals surface area contributed by atoms with Gasteiger partial charge in [0, 0.05) is 17.8 Å².